The molecule has 1 aromatic rings. The third kappa shape index (κ3) is 5.39. The molecular weight excluding hydrogens is 258 g/mol. The van der Waals surface area contributed by atoms with Gasteiger partial charge in [0.1, 0.15) is 5.70 Å². The fraction of sp³-hybridized carbons (Fsp3) is 0.200. The van der Waals surface area contributed by atoms with E-state index in [-0.39, 0.29) is 5.70 Å². The third-order valence-corrected chi connectivity index (χ3v) is 2.43. The number of carbonyl (C=O) groups is 2. The summed E-state index contributed by atoms with van der Waals surface area (Å²) in [6.45, 7) is 0.480. The van der Waals surface area contributed by atoms with E-state index in [1.807, 2.05) is 30.3 Å². The smallest absolute Gasteiger partial charge is 0.354 e. The maximum atomic E-state index is 11.6. The van der Waals surface area contributed by atoms with Crippen molar-refractivity contribution in [2.24, 2.45) is 0 Å². The lowest BCUT2D eigenvalue weighted by atomic mass is 10.2. The van der Waals surface area contributed by atoms with E-state index in [4.69, 9.17) is 0 Å². The van der Waals surface area contributed by atoms with Crippen molar-refractivity contribution in [1.29, 1.82) is 0 Å². The topological polar surface area (TPSA) is 64.6 Å². The summed E-state index contributed by atoms with van der Waals surface area (Å²) in [6.07, 6.45) is 4.11. The first kappa shape index (κ1) is 15.5. The van der Waals surface area contributed by atoms with Crippen LogP contribution in [0.25, 0.3) is 0 Å². The van der Waals surface area contributed by atoms with E-state index in [0.717, 1.165) is 5.56 Å². The Kier molecular flexibility index (Phi) is 6.61. The molecule has 0 unspecified atom stereocenters. The standard InChI is InChI=1S/C15H17NO4/c1-19-14(17)10-6-9-13(15(18)20-2)16-11-12-7-4-3-5-8-12/h3-10,16H,11H2,1-2H3/b10-6+,13-9+. The molecule has 0 heterocycles. The number of allylic oxidation sites excluding steroid dienone is 2. The van der Waals surface area contributed by atoms with Gasteiger partial charge in [-0.1, -0.05) is 36.4 Å². The first-order valence-corrected chi connectivity index (χ1v) is 5.99. The molecule has 0 atom stereocenters. The van der Waals surface area contributed by atoms with Crippen LogP contribution in [0.2, 0.25) is 0 Å². The molecule has 0 aliphatic rings. The van der Waals surface area contributed by atoms with Crippen molar-refractivity contribution in [1.82, 2.24) is 5.32 Å². The van der Waals surface area contributed by atoms with Crippen molar-refractivity contribution in [3.8, 4) is 0 Å². The first-order valence-electron chi connectivity index (χ1n) is 5.99. The van der Waals surface area contributed by atoms with Gasteiger partial charge in [-0.2, -0.15) is 0 Å². The highest BCUT2D eigenvalue weighted by Gasteiger charge is 2.07. The van der Waals surface area contributed by atoms with Gasteiger partial charge in [0.25, 0.3) is 0 Å². The molecular formula is C15H17NO4. The zero-order valence-electron chi connectivity index (χ0n) is 11.5. The van der Waals surface area contributed by atoms with Crippen molar-refractivity contribution in [3.63, 3.8) is 0 Å². The molecule has 0 amide bonds. The molecule has 0 saturated heterocycles. The fourth-order valence-electron chi connectivity index (χ4n) is 1.39. The summed E-state index contributed by atoms with van der Waals surface area (Å²) in [5.74, 6) is -0.996. The number of methoxy groups -OCH3 is 2. The molecule has 0 bridgehead atoms. The second-order valence-corrected chi connectivity index (χ2v) is 3.79. The van der Waals surface area contributed by atoms with Crippen LogP contribution >= 0.6 is 0 Å². The lowest BCUT2D eigenvalue weighted by Crippen LogP contribution is -2.21. The van der Waals surface area contributed by atoms with Crippen LogP contribution in [-0.2, 0) is 25.6 Å². The molecule has 0 radical (unpaired) electrons. The maximum absolute atomic E-state index is 11.6. The average Bonchev–Trinajstić information content (AvgIpc) is 2.50. The Hall–Kier alpha value is -2.56. The molecule has 106 valence electrons. The minimum Gasteiger partial charge on any atom is -0.466 e. The normalized spacial score (nSPS) is 11.2. The highest BCUT2D eigenvalue weighted by molar-refractivity contribution is 5.88. The van der Waals surface area contributed by atoms with Gasteiger partial charge in [0.2, 0.25) is 0 Å². The van der Waals surface area contributed by atoms with Crippen molar-refractivity contribution in [3.05, 3.63) is 59.8 Å². The number of ether oxygens (including phenoxy) is 2. The molecule has 1 N–H and O–H groups in total. The Morgan fingerprint density at radius 1 is 1.15 bits per heavy atom. The van der Waals surface area contributed by atoms with Gasteiger partial charge in [0.15, 0.2) is 0 Å². The Balaban J connectivity index is 2.70. The average molecular weight is 275 g/mol. The molecule has 20 heavy (non-hydrogen) atoms. The summed E-state index contributed by atoms with van der Waals surface area (Å²) in [4.78, 5) is 22.5. The lowest BCUT2D eigenvalue weighted by Gasteiger charge is -2.08. The maximum Gasteiger partial charge on any atom is 0.354 e. The Morgan fingerprint density at radius 2 is 1.85 bits per heavy atom. The van der Waals surface area contributed by atoms with Gasteiger partial charge in [-0.25, -0.2) is 9.59 Å². The number of nitrogens with one attached hydrogen (secondary N) is 1. The Morgan fingerprint density at radius 3 is 2.45 bits per heavy atom. The molecule has 0 aromatic heterocycles. The van der Waals surface area contributed by atoms with Crippen LogP contribution in [0.5, 0.6) is 0 Å². The van der Waals surface area contributed by atoms with Gasteiger partial charge in [-0.3, -0.25) is 0 Å². The van der Waals surface area contributed by atoms with Crippen LogP contribution < -0.4 is 5.32 Å². The number of hydrogen-bond donors (Lipinski definition) is 1. The second-order valence-electron chi connectivity index (χ2n) is 3.79. The van der Waals surface area contributed by atoms with Crippen LogP contribution in [0.4, 0.5) is 0 Å². The van der Waals surface area contributed by atoms with Crippen LogP contribution in [0.3, 0.4) is 0 Å². The molecule has 0 fully saturated rings. The number of rotatable bonds is 6. The van der Waals surface area contributed by atoms with Gasteiger partial charge < -0.3 is 14.8 Å². The van der Waals surface area contributed by atoms with Crippen LogP contribution in [0, 0.1) is 0 Å². The van der Waals surface area contributed by atoms with Gasteiger partial charge in [-0.15, -0.1) is 0 Å². The molecule has 5 nitrogen and oxygen atoms in total. The second kappa shape index (κ2) is 8.53. The number of benzene rings is 1. The first-order chi connectivity index (χ1) is 9.67. The highest BCUT2D eigenvalue weighted by atomic mass is 16.5. The monoisotopic (exact) mass is 275 g/mol. The molecule has 0 spiro atoms. The summed E-state index contributed by atoms with van der Waals surface area (Å²) >= 11 is 0. The summed E-state index contributed by atoms with van der Waals surface area (Å²) in [5.41, 5.74) is 1.29. The van der Waals surface area contributed by atoms with Crippen LogP contribution in [0.15, 0.2) is 54.3 Å². The molecule has 0 aliphatic heterocycles. The van der Waals surface area contributed by atoms with E-state index in [1.165, 1.54) is 32.4 Å². The quantitative estimate of drug-likeness (QED) is 0.485. The van der Waals surface area contributed by atoms with E-state index in [0.29, 0.717) is 6.54 Å². The summed E-state index contributed by atoms with van der Waals surface area (Å²) in [5, 5.41) is 2.96. The Labute approximate surface area is 117 Å². The minimum atomic E-state index is -0.504. The van der Waals surface area contributed by atoms with Gasteiger partial charge >= 0.3 is 11.9 Å². The van der Waals surface area contributed by atoms with Crippen molar-refractivity contribution in [2.75, 3.05) is 14.2 Å². The van der Waals surface area contributed by atoms with E-state index in [2.05, 4.69) is 14.8 Å². The molecule has 0 aliphatic carbocycles. The van der Waals surface area contributed by atoms with Crippen molar-refractivity contribution in [2.45, 2.75) is 6.54 Å². The zero-order valence-corrected chi connectivity index (χ0v) is 11.5. The fourth-order valence-corrected chi connectivity index (χ4v) is 1.39. The minimum absolute atomic E-state index is 0.261. The largest absolute Gasteiger partial charge is 0.466 e. The molecule has 1 rings (SSSR count). The third-order valence-electron chi connectivity index (χ3n) is 2.43. The number of carbonyl (C=O) groups excluding carboxylic acids is 2. The summed E-state index contributed by atoms with van der Waals surface area (Å²) < 4.78 is 9.12. The van der Waals surface area contributed by atoms with Crippen molar-refractivity contribution < 1.29 is 19.1 Å². The number of esters is 2. The van der Waals surface area contributed by atoms with E-state index in [1.54, 1.807) is 0 Å². The molecule has 1 aromatic carbocycles. The highest BCUT2D eigenvalue weighted by Crippen LogP contribution is 2.01. The summed E-state index contributed by atoms with van der Waals surface area (Å²) in [6, 6.07) is 9.61. The zero-order chi connectivity index (χ0) is 14.8. The van der Waals surface area contributed by atoms with Crippen LogP contribution in [0.1, 0.15) is 5.56 Å². The predicted molar refractivity (Wildman–Crippen MR) is 74.5 cm³/mol. The van der Waals surface area contributed by atoms with E-state index in [9.17, 15) is 9.59 Å². The Bertz CT molecular complexity index is 506. The SMILES string of the molecule is COC(=O)/C=C/C=C(/NCc1ccccc1)C(=O)OC. The van der Waals surface area contributed by atoms with Gasteiger partial charge in [0, 0.05) is 12.6 Å². The molecule has 0 saturated carbocycles. The number of hydrogen-bond acceptors (Lipinski definition) is 5. The van der Waals surface area contributed by atoms with Gasteiger partial charge in [0.05, 0.1) is 14.2 Å². The lowest BCUT2D eigenvalue weighted by molar-refractivity contribution is -0.137. The van der Waals surface area contributed by atoms with Crippen LogP contribution in [-0.4, -0.2) is 26.2 Å². The molecule has 5 heteroatoms. The van der Waals surface area contributed by atoms with Crippen molar-refractivity contribution >= 4 is 11.9 Å². The van der Waals surface area contributed by atoms with Gasteiger partial charge in [-0.05, 0) is 11.6 Å². The summed E-state index contributed by atoms with van der Waals surface area (Å²) in [7, 11) is 2.58. The van der Waals surface area contributed by atoms with E-state index >= 15 is 0 Å². The van der Waals surface area contributed by atoms with E-state index < -0.39 is 11.9 Å². The predicted octanol–water partition coefficient (Wildman–Crippen LogP) is 1.56.